The molecule has 22 heavy (non-hydrogen) atoms. The first kappa shape index (κ1) is 16.1. The zero-order valence-corrected chi connectivity index (χ0v) is 14.9. The summed E-state index contributed by atoms with van der Waals surface area (Å²) in [6, 6.07) is 0. The Labute approximate surface area is 135 Å². The van der Waals surface area contributed by atoms with Gasteiger partial charge in [0.25, 0.3) is 0 Å². The van der Waals surface area contributed by atoms with Gasteiger partial charge in [0.2, 0.25) is 0 Å². The molecule has 0 radical (unpaired) electrons. The molecule has 0 unspecified atom stereocenters. The van der Waals surface area contributed by atoms with Crippen LogP contribution in [0.4, 0.5) is 0 Å². The van der Waals surface area contributed by atoms with Crippen molar-refractivity contribution in [3.05, 3.63) is 11.6 Å². The van der Waals surface area contributed by atoms with Crippen molar-refractivity contribution in [1.29, 1.82) is 0 Å². The summed E-state index contributed by atoms with van der Waals surface area (Å²) < 4.78 is 5.72. The number of rotatable bonds is 4. The van der Waals surface area contributed by atoms with Crippen molar-refractivity contribution in [3.63, 3.8) is 0 Å². The number of hydrogen-bond acceptors (Lipinski definition) is 2. The number of ether oxygens (including phenoxy) is 1. The molecule has 3 aliphatic rings. The third kappa shape index (κ3) is 2.17. The molecule has 0 aromatic heterocycles. The van der Waals surface area contributed by atoms with Crippen molar-refractivity contribution in [1.82, 2.24) is 0 Å². The van der Waals surface area contributed by atoms with Gasteiger partial charge in [-0.15, -0.1) is 0 Å². The molecule has 0 aromatic carbocycles. The molecule has 0 N–H and O–H groups in total. The molecule has 2 nitrogen and oxygen atoms in total. The first-order valence-corrected chi connectivity index (χ1v) is 9.13. The minimum atomic E-state index is -0.0173. The number of allylic oxidation sites excluding steroid dienone is 2. The molecule has 3 aliphatic carbocycles. The topological polar surface area (TPSA) is 26.3 Å². The fourth-order valence-corrected chi connectivity index (χ4v) is 6.02. The quantitative estimate of drug-likeness (QED) is 0.540. The molecule has 124 valence electrons. The largest absolute Gasteiger partial charge is 0.465 e. The summed E-state index contributed by atoms with van der Waals surface area (Å²) in [6.45, 7) is 11.9. The minimum absolute atomic E-state index is 0.0173. The summed E-state index contributed by atoms with van der Waals surface area (Å²) in [4.78, 5) is 12.0. The van der Waals surface area contributed by atoms with Crippen molar-refractivity contribution in [2.45, 2.75) is 66.7 Å². The van der Waals surface area contributed by atoms with Crippen molar-refractivity contribution >= 4 is 5.97 Å². The van der Waals surface area contributed by atoms with Crippen LogP contribution >= 0.6 is 0 Å². The van der Waals surface area contributed by atoms with E-state index in [-0.39, 0.29) is 11.4 Å². The van der Waals surface area contributed by atoms with E-state index in [1.807, 2.05) is 0 Å². The van der Waals surface area contributed by atoms with E-state index >= 15 is 0 Å². The van der Waals surface area contributed by atoms with Crippen LogP contribution in [0.1, 0.15) is 66.7 Å². The van der Waals surface area contributed by atoms with E-state index in [2.05, 4.69) is 40.7 Å². The van der Waals surface area contributed by atoms with Crippen molar-refractivity contribution in [2.24, 2.45) is 34.5 Å². The maximum atomic E-state index is 12.0. The Balaban J connectivity index is 1.76. The van der Waals surface area contributed by atoms with Gasteiger partial charge in [-0.2, -0.15) is 0 Å². The zero-order valence-electron chi connectivity index (χ0n) is 14.9. The Bertz CT molecular complexity index is 492. The maximum absolute atomic E-state index is 12.0. The maximum Gasteiger partial charge on any atom is 0.306 e. The van der Waals surface area contributed by atoms with Crippen molar-refractivity contribution in [2.75, 3.05) is 6.61 Å². The number of esters is 1. The van der Waals surface area contributed by atoms with Crippen LogP contribution < -0.4 is 0 Å². The fourth-order valence-electron chi connectivity index (χ4n) is 6.02. The van der Waals surface area contributed by atoms with Gasteiger partial charge >= 0.3 is 5.97 Å². The van der Waals surface area contributed by atoms with Crippen LogP contribution in [0, 0.1) is 34.5 Å². The molecule has 2 heteroatoms. The lowest BCUT2D eigenvalue weighted by molar-refractivity contribution is -0.206. The first-order chi connectivity index (χ1) is 10.3. The van der Waals surface area contributed by atoms with Gasteiger partial charge in [-0.3, -0.25) is 4.79 Å². The Kier molecular flexibility index (Phi) is 3.94. The van der Waals surface area contributed by atoms with E-state index in [0.717, 1.165) is 11.8 Å². The molecular formula is C20H32O2. The molecule has 2 fully saturated rings. The van der Waals surface area contributed by atoms with Gasteiger partial charge in [0.1, 0.15) is 0 Å². The molecule has 0 heterocycles. The highest BCUT2D eigenvalue weighted by Gasteiger charge is 2.71. The van der Waals surface area contributed by atoms with Gasteiger partial charge in [0.05, 0.1) is 6.61 Å². The molecule has 0 amide bonds. The lowest BCUT2D eigenvalue weighted by Crippen LogP contribution is -2.65. The SMILES string of the molecule is CC1=C[C@@H]2[C@](C)(COC(=O)CC(C)C)[C@H]3CC[C@@H](C)[C@@]23CC1. The molecule has 0 aliphatic heterocycles. The standard InChI is InChI=1S/C20H32O2/c1-13(2)10-18(21)22-12-19(5)16-7-6-15(4)20(16)9-8-14(3)11-17(19)20/h11,13,15-17H,6-10,12H2,1-5H3/t15-,16-,17-,19-,20-/m1/s1. The number of carbonyl (C=O) groups excluding carboxylic acids is 1. The Morgan fingerprint density at radius 3 is 2.82 bits per heavy atom. The highest BCUT2D eigenvalue weighted by Crippen LogP contribution is 2.76. The van der Waals surface area contributed by atoms with E-state index in [0.29, 0.717) is 30.3 Å². The molecule has 0 aromatic rings. The van der Waals surface area contributed by atoms with Crippen LogP contribution in [-0.2, 0) is 9.53 Å². The van der Waals surface area contributed by atoms with Gasteiger partial charge in [0, 0.05) is 11.8 Å². The van der Waals surface area contributed by atoms with Gasteiger partial charge in [-0.05, 0) is 61.7 Å². The van der Waals surface area contributed by atoms with E-state index in [1.165, 1.54) is 31.3 Å². The second kappa shape index (κ2) is 5.39. The molecule has 2 saturated carbocycles. The van der Waals surface area contributed by atoms with Gasteiger partial charge in [-0.1, -0.05) is 39.3 Å². The Morgan fingerprint density at radius 2 is 2.14 bits per heavy atom. The van der Waals surface area contributed by atoms with Gasteiger partial charge in [0.15, 0.2) is 0 Å². The summed E-state index contributed by atoms with van der Waals surface area (Å²) in [6.07, 6.45) is 8.36. The smallest absolute Gasteiger partial charge is 0.306 e. The molecular weight excluding hydrogens is 272 g/mol. The molecule has 0 bridgehead atoms. The number of hydrogen-bond donors (Lipinski definition) is 0. The van der Waals surface area contributed by atoms with Crippen LogP contribution in [0.15, 0.2) is 11.6 Å². The Morgan fingerprint density at radius 1 is 1.41 bits per heavy atom. The molecule has 5 atom stereocenters. The van der Waals surface area contributed by atoms with Crippen LogP contribution in [0.5, 0.6) is 0 Å². The summed E-state index contributed by atoms with van der Waals surface area (Å²) in [5, 5.41) is 0. The average Bonchev–Trinajstić information content (AvgIpc) is 2.73. The van der Waals surface area contributed by atoms with Crippen LogP contribution in [-0.4, -0.2) is 12.6 Å². The normalized spacial score (nSPS) is 43.2. The van der Waals surface area contributed by atoms with Gasteiger partial charge < -0.3 is 4.74 Å². The lowest BCUT2D eigenvalue weighted by Gasteiger charge is -2.68. The second-order valence-electron chi connectivity index (χ2n) is 8.90. The third-order valence-electron chi connectivity index (χ3n) is 7.06. The highest BCUT2D eigenvalue weighted by atomic mass is 16.5. The van der Waals surface area contributed by atoms with Crippen molar-refractivity contribution < 1.29 is 9.53 Å². The lowest BCUT2D eigenvalue weighted by atomic mass is 9.36. The first-order valence-electron chi connectivity index (χ1n) is 9.13. The summed E-state index contributed by atoms with van der Waals surface area (Å²) >= 11 is 0. The third-order valence-corrected chi connectivity index (χ3v) is 7.06. The second-order valence-corrected chi connectivity index (χ2v) is 8.90. The van der Waals surface area contributed by atoms with Crippen LogP contribution in [0.25, 0.3) is 0 Å². The average molecular weight is 304 g/mol. The molecule has 1 spiro atoms. The van der Waals surface area contributed by atoms with E-state index in [1.54, 1.807) is 0 Å². The van der Waals surface area contributed by atoms with Crippen LogP contribution in [0.2, 0.25) is 0 Å². The predicted octanol–water partition coefficient (Wildman–Crippen LogP) is 4.98. The molecule has 3 rings (SSSR count). The number of carbonyl (C=O) groups is 1. The summed E-state index contributed by atoms with van der Waals surface area (Å²) in [5.74, 6) is 2.55. The van der Waals surface area contributed by atoms with E-state index in [4.69, 9.17) is 4.74 Å². The van der Waals surface area contributed by atoms with E-state index in [9.17, 15) is 4.79 Å². The zero-order chi connectivity index (χ0) is 16.1. The van der Waals surface area contributed by atoms with E-state index < -0.39 is 0 Å². The molecule has 0 saturated heterocycles. The van der Waals surface area contributed by atoms with Gasteiger partial charge in [-0.25, -0.2) is 0 Å². The summed E-state index contributed by atoms with van der Waals surface area (Å²) in [7, 11) is 0. The minimum Gasteiger partial charge on any atom is -0.465 e. The van der Waals surface area contributed by atoms with Crippen molar-refractivity contribution in [3.8, 4) is 0 Å². The predicted molar refractivity (Wildman–Crippen MR) is 89.3 cm³/mol. The fraction of sp³-hybridized carbons (Fsp3) is 0.850. The monoisotopic (exact) mass is 304 g/mol. The summed E-state index contributed by atoms with van der Waals surface area (Å²) in [5.41, 5.74) is 2.21. The Hall–Kier alpha value is -0.790. The van der Waals surface area contributed by atoms with Crippen LogP contribution in [0.3, 0.4) is 0 Å². The highest BCUT2D eigenvalue weighted by molar-refractivity contribution is 5.69.